The van der Waals surface area contributed by atoms with Gasteiger partial charge in [0, 0.05) is 17.1 Å². The standard InChI is InChI=1S/C18H19NO3S/c1-4-12-10-16(23-11(12)2)17(20)19-8-7-13-9-14(18(21)22-3)5-6-15(13)19/h5-6,9-10H,4,7-8H2,1-3H3. The first kappa shape index (κ1) is 15.7. The molecule has 0 N–H and O–H groups in total. The SMILES string of the molecule is CCc1cc(C(=O)N2CCc3cc(C(=O)OC)ccc32)sc1C. The van der Waals surface area contributed by atoms with Crippen molar-refractivity contribution in [3.63, 3.8) is 0 Å². The summed E-state index contributed by atoms with van der Waals surface area (Å²) >= 11 is 1.55. The topological polar surface area (TPSA) is 46.6 Å². The van der Waals surface area contributed by atoms with Crippen molar-refractivity contribution in [3.8, 4) is 0 Å². The molecule has 0 radical (unpaired) electrons. The highest BCUT2D eigenvalue weighted by Crippen LogP contribution is 2.32. The molecule has 0 spiro atoms. The molecule has 3 rings (SSSR count). The van der Waals surface area contributed by atoms with Crippen LogP contribution in [0, 0.1) is 6.92 Å². The van der Waals surface area contributed by atoms with Gasteiger partial charge in [-0.15, -0.1) is 11.3 Å². The number of carbonyl (C=O) groups is 2. The fourth-order valence-corrected chi connectivity index (χ4v) is 4.03. The number of nitrogens with zero attached hydrogens (tertiary/aromatic N) is 1. The lowest BCUT2D eigenvalue weighted by molar-refractivity contribution is 0.0600. The third-order valence-electron chi connectivity index (χ3n) is 4.25. The molecule has 1 aliphatic rings. The Morgan fingerprint density at radius 2 is 2.09 bits per heavy atom. The van der Waals surface area contributed by atoms with Gasteiger partial charge in [0.15, 0.2) is 0 Å². The molecule has 120 valence electrons. The zero-order valence-electron chi connectivity index (χ0n) is 13.5. The quantitative estimate of drug-likeness (QED) is 0.808. The van der Waals surface area contributed by atoms with Crippen molar-refractivity contribution in [1.82, 2.24) is 0 Å². The largest absolute Gasteiger partial charge is 0.465 e. The Labute approximate surface area is 139 Å². The summed E-state index contributed by atoms with van der Waals surface area (Å²) in [6.45, 7) is 4.81. The molecular weight excluding hydrogens is 310 g/mol. The van der Waals surface area contributed by atoms with Crippen molar-refractivity contribution < 1.29 is 14.3 Å². The van der Waals surface area contributed by atoms with Crippen LogP contribution in [0.2, 0.25) is 0 Å². The normalized spacial score (nSPS) is 13.1. The number of fused-ring (bicyclic) bond motifs is 1. The Morgan fingerprint density at radius 3 is 2.74 bits per heavy atom. The molecule has 1 aliphatic heterocycles. The molecule has 0 fully saturated rings. The number of ether oxygens (including phenoxy) is 1. The average molecular weight is 329 g/mol. The van der Waals surface area contributed by atoms with E-state index in [1.54, 1.807) is 22.3 Å². The molecule has 0 saturated carbocycles. The summed E-state index contributed by atoms with van der Waals surface area (Å²) in [5.41, 5.74) is 3.68. The molecule has 23 heavy (non-hydrogen) atoms. The number of benzene rings is 1. The molecule has 4 nitrogen and oxygen atoms in total. The maximum absolute atomic E-state index is 12.8. The van der Waals surface area contributed by atoms with Crippen LogP contribution in [0.4, 0.5) is 5.69 Å². The van der Waals surface area contributed by atoms with E-state index in [2.05, 4.69) is 13.8 Å². The van der Waals surface area contributed by atoms with E-state index in [1.807, 2.05) is 18.2 Å². The third kappa shape index (κ3) is 2.77. The van der Waals surface area contributed by atoms with Gasteiger partial charge < -0.3 is 9.64 Å². The number of esters is 1. The number of hydrogen-bond donors (Lipinski definition) is 0. The molecule has 0 atom stereocenters. The molecule has 0 aliphatic carbocycles. The van der Waals surface area contributed by atoms with Crippen LogP contribution >= 0.6 is 11.3 Å². The molecule has 5 heteroatoms. The van der Waals surface area contributed by atoms with Crippen LogP contribution in [0.5, 0.6) is 0 Å². The minimum absolute atomic E-state index is 0.0439. The minimum atomic E-state index is -0.348. The number of hydrogen-bond acceptors (Lipinski definition) is 4. The summed E-state index contributed by atoms with van der Waals surface area (Å²) in [6, 6.07) is 7.38. The van der Waals surface area contributed by atoms with Crippen LogP contribution in [0.15, 0.2) is 24.3 Å². The Morgan fingerprint density at radius 1 is 1.30 bits per heavy atom. The zero-order valence-corrected chi connectivity index (χ0v) is 14.3. The number of anilines is 1. The van der Waals surface area contributed by atoms with Crippen LogP contribution in [-0.2, 0) is 17.6 Å². The van der Waals surface area contributed by atoms with Gasteiger partial charge in [-0.3, -0.25) is 4.79 Å². The van der Waals surface area contributed by atoms with Gasteiger partial charge in [-0.05, 0) is 55.2 Å². The van der Waals surface area contributed by atoms with Crippen molar-refractivity contribution in [1.29, 1.82) is 0 Å². The van der Waals surface area contributed by atoms with E-state index in [0.717, 1.165) is 29.0 Å². The molecule has 1 amide bonds. The van der Waals surface area contributed by atoms with Crippen LogP contribution in [-0.4, -0.2) is 25.5 Å². The van der Waals surface area contributed by atoms with E-state index in [1.165, 1.54) is 17.6 Å². The number of methoxy groups -OCH3 is 1. The highest BCUT2D eigenvalue weighted by molar-refractivity contribution is 7.14. The average Bonchev–Trinajstić information content (AvgIpc) is 3.16. The van der Waals surface area contributed by atoms with Gasteiger partial charge in [-0.1, -0.05) is 6.92 Å². The van der Waals surface area contributed by atoms with Gasteiger partial charge in [0.2, 0.25) is 0 Å². The number of carbonyl (C=O) groups excluding carboxylic acids is 2. The van der Waals surface area contributed by atoms with E-state index in [0.29, 0.717) is 12.1 Å². The van der Waals surface area contributed by atoms with E-state index in [-0.39, 0.29) is 11.9 Å². The molecule has 2 aromatic rings. The predicted molar refractivity (Wildman–Crippen MR) is 91.6 cm³/mol. The molecule has 0 bridgehead atoms. The number of amides is 1. The highest BCUT2D eigenvalue weighted by Gasteiger charge is 2.27. The van der Waals surface area contributed by atoms with Gasteiger partial charge >= 0.3 is 5.97 Å². The van der Waals surface area contributed by atoms with E-state index in [9.17, 15) is 9.59 Å². The second-order valence-electron chi connectivity index (χ2n) is 5.59. The van der Waals surface area contributed by atoms with E-state index in [4.69, 9.17) is 4.74 Å². The number of aryl methyl sites for hydroxylation is 2. The molecule has 1 aromatic heterocycles. The van der Waals surface area contributed by atoms with Gasteiger partial charge in [0.25, 0.3) is 5.91 Å². The van der Waals surface area contributed by atoms with Crippen LogP contribution < -0.4 is 4.90 Å². The van der Waals surface area contributed by atoms with Gasteiger partial charge in [0.05, 0.1) is 17.6 Å². The lowest BCUT2D eigenvalue weighted by Gasteiger charge is -2.16. The lowest BCUT2D eigenvalue weighted by Crippen LogP contribution is -2.28. The van der Waals surface area contributed by atoms with Gasteiger partial charge in [-0.25, -0.2) is 4.79 Å². The maximum Gasteiger partial charge on any atom is 0.337 e. The van der Waals surface area contributed by atoms with Crippen molar-refractivity contribution in [2.75, 3.05) is 18.6 Å². The Balaban J connectivity index is 1.89. The molecule has 2 heterocycles. The van der Waals surface area contributed by atoms with E-state index >= 15 is 0 Å². The molecule has 1 aromatic carbocycles. The van der Waals surface area contributed by atoms with Crippen molar-refractivity contribution >= 4 is 28.9 Å². The fraction of sp³-hybridized carbons (Fsp3) is 0.333. The Hall–Kier alpha value is -2.14. The zero-order chi connectivity index (χ0) is 16.6. The second kappa shape index (κ2) is 6.16. The summed E-state index contributed by atoms with van der Waals surface area (Å²) in [5.74, 6) is -0.304. The monoisotopic (exact) mass is 329 g/mol. The minimum Gasteiger partial charge on any atom is -0.465 e. The van der Waals surface area contributed by atoms with Crippen molar-refractivity contribution in [2.24, 2.45) is 0 Å². The van der Waals surface area contributed by atoms with Crippen LogP contribution in [0.1, 0.15) is 43.0 Å². The van der Waals surface area contributed by atoms with Crippen molar-refractivity contribution in [3.05, 3.63) is 50.7 Å². The Kier molecular flexibility index (Phi) is 4.22. The summed E-state index contributed by atoms with van der Waals surface area (Å²) in [7, 11) is 1.37. The summed E-state index contributed by atoms with van der Waals surface area (Å²) in [6.07, 6.45) is 1.70. The summed E-state index contributed by atoms with van der Waals surface area (Å²) in [4.78, 5) is 28.2. The van der Waals surface area contributed by atoms with Crippen molar-refractivity contribution in [2.45, 2.75) is 26.7 Å². The van der Waals surface area contributed by atoms with E-state index < -0.39 is 0 Å². The Bertz CT molecular complexity index is 779. The summed E-state index contributed by atoms with van der Waals surface area (Å²) in [5, 5.41) is 0. The molecular formula is C18H19NO3S. The first-order chi connectivity index (χ1) is 11.0. The number of thiophene rings is 1. The first-order valence-electron chi connectivity index (χ1n) is 7.67. The molecule has 0 saturated heterocycles. The first-order valence-corrected chi connectivity index (χ1v) is 8.49. The third-order valence-corrected chi connectivity index (χ3v) is 5.33. The van der Waals surface area contributed by atoms with Gasteiger partial charge in [0.1, 0.15) is 0 Å². The predicted octanol–water partition coefficient (Wildman–Crippen LogP) is 3.61. The van der Waals surface area contributed by atoms with Crippen LogP contribution in [0.25, 0.3) is 0 Å². The smallest absolute Gasteiger partial charge is 0.337 e. The fourth-order valence-electron chi connectivity index (χ4n) is 2.97. The lowest BCUT2D eigenvalue weighted by atomic mass is 10.1. The summed E-state index contributed by atoms with van der Waals surface area (Å²) < 4.78 is 4.75. The number of rotatable bonds is 3. The maximum atomic E-state index is 12.8. The van der Waals surface area contributed by atoms with Gasteiger partial charge in [-0.2, -0.15) is 0 Å². The highest BCUT2D eigenvalue weighted by atomic mass is 32.1. The second-order valence-corrected chi connectivity index (χ2v) is 6.84. The molecule has 0 unspecified atom stereocenters. The van der Waals surface area contributed by atoms with Crippen LogP contribution in [0.3, 0.4) is 0 Å².